The molecule has 1 atom stereocenters. The number of nitrogens with one attached hydrogen (secondary N) is 1. The zero-order chi connectivity index (χ0) is 16.2. The molecule has 0 aromatic carbocycles. The fraction of sp³-hybridized carbons (Fsp3) is 0.800. The molecule has 7 heteroatoms. The van der Waals surface area contributed by atoms with E-state index in [0.717, 1.165) is 23.7 Å². The number of aromatic nitrogens is 1. The summed E-state index contributed by atoms with van der Waals surface area (Å²) in [5, 5.41) is 3.04. The van der Waals surface area contributed by atoms with Gasteiger partial charge in [0.2, 0.25) is 10.0 Å². The van der Waals surface area contributed by atoms with E-state index >= 15 is 0 Å². The van der Waals surface area contributed by atoms with Gasteiger partial charge in [-0.25, -0.2) is 18.1 Å². The van der Waals surface area contributed by atoms with E-state index < -0.39 is 10.0 Å². The second-order valence-electron chi connectivity index (χ2n) is 6.86. The summed E-state index contributed by atoms with van der Waals surface area (Å²) in [5.74, 6) is 0.580. The van der Waals surface area contributed by atoms with Crippen molar-refractivity contribution in [1.29, 1.82) is 0 Å². The highest BCUT2D eigenvalue weighted by Crippen LogP contribution is 2.24. The third-order valence-corrected chi connectivity index (χ3v) is 6.13. The van der Waals surface area contributed by atoms with E-state index in [-0.39, 0.29) is 11.2 Å². The number of thiazole rings is 1. The van der Waals surface area contributed by atoms with Crippen LogP contribution in [-0.2, 0) is 26.6 Å². The first-order chi connectivity index (χ1) is 10.3. The summed E-state index contributed by atoms with van der Waals surface area (Å²) in [6.45, 7) is 8.26. The van der Waals surface area contributed by atoms with Crippen LogP contribution < -0.4 is 4.72 Å². The Hall–Kier alpha value is -0.500. The largest absolute Gasteiger partial charge is 0.381 e. The minimum absolute atomic E-state index is 0.0393. The molecular formula is C15H26N2O3S2. The highest BCUT2D eigenvalue weighted by Gasteiger charge is 2.20. The lowest BCUT2D eigenvalue weighted by Gasteiger charge is -2.14. The fourth-order valence-electron chi connectivity index (χ4n) is 2.29. The zero-order valence-corrected chi connectivity index (χ0v) is 15.2. The highest BCUT2D eigenvalue weighted by atomic mass is 32.2. The van der Waals surface area contributed by atoms with Gasteiger partial charge in [-0.15, -0.1) is 11.3 Å². The lowest BCUT2D eigenvalue weighted by Crippen LogP contribution is -2.29. The molecule has 2 heterocycles. The van der Waals surface area contributed by atoms with Crippen LogP contribution in [0.5, 0.6) is 0 Å². The van der Waals surface area contributed by atoms with E-state index in [1.54, 1.807) is 11.3 Å². The SMILES string of the molecule is CC(C)(C)c1csc(CCNS(=O)(=O)CCC2CCOC2)n1. The van der Waals surface area contributed by atoms with Gasteiger partial charge >= 0.3 is 0 Å². The average Bonchev–Trinajstić information content (AvgIpc) is 3.07. The molecule has 1 saturated heterocycles. The Morgan fingerprint density at radius 1 is 1.45 bits per heavy atom. The first kappa shape index (κ1) is 17.8. The van der Waals surface area contributed by atoms with Crippen molar-refractivity contribution >= 4 is 21.4 Å². The molecule has 2 rings (SSSR count). The van der Waals surface area contributed by atoms with Gasteiger partial charge in [0.25, 0.3) is 0 Å². The molecule has 126 valence electrons. The maximum Gasteiger partial charge on any atom is 0.211 e. The molecule has 5 nitrogen and oxygen atoms in total. The van der Waals surface area contributed by atoms with Crippen LogP contribution in [0, 0.1) is 5.92 Å². The van der Waals surface area contributed by atoms with Crippen molar-refractivity contribution in [3.8, 4) is 0 Å². The number of hydrogen-bond donors (Lipinski definition) is 1. The number of nitrogens with zero attached hydrogens (tertiary/aromatic N) is 1. The zero-order valence-electron chi connectivity index (χ0n) is 13.6. The Kier molecular flexibility index (Phi) is 5.99. The second kappa shape index (κ2) is 7.38. The first-order valence-electron chi connectivity index (χ1n) is 7.76. The number of hydrogen-bond acceptors (Lipinski definition) is 5. The molecule has 1 aliphatic heterocycles. The van der Waals surface area contributed by atoms with Crippen molar-refractivity contribution in [3.63, 3.8) is 0 Å². The first-order valence-corrected chi connectivity index (χ1v) is 10.3. The predicted molar refractivity (Wildman–Crippen MR) is 89.9 cm³/mol. The van der Waals surface area contributed by atoms with Gasteiger partial charge in [0.05, 0.1) is 16.5 Å². The highest BCUT2D eigenvalue weighted by molar-refractivity contribution is 7.89. The standard InChI is InChI=1S/C15H26N2O3S2/c1-15(2,3)13-11-21-14(17-13)4-7-16-22(18,19)9-6-12-5-8-20-10-12/h11-12,16H,4-10H2,1-3H3. The topological polar surface area (TPSA) is 68.3 Å². The molecule has 1 N–H and O–H groups in total. The Bertz CT molecular complexity index is 570. The van der Waals surface area contributed by atoms with E-state index in [2.05, 4.69) is 35.9 Å². The van der Waals surface area contributed by atoms with Crippen molar-refractivity contribution in [3.05, 3.63) is 16.1 Å². The van der Waals surface area contributed by atoms with Crippen LogP contribution in [0.3, 0.4) is 0 Å². The summed E-state index contributed by atoms with van der Waals surface area (Å²) in [6.07, 6.45) is 2.30. The van der Waals surface area contributed by atoms with Gasteiger partial charge in [0.1, 0.15) is 0 Å². The number of ether oxygens (including phenoxy) is 1. The van der Waals surface area contributed by atoms with Crippen LogP contribution in [0.15, 0.2) is 5.38 Å². The van der Waals surface area contributed by atoms with E-state index in [1.165, 1.54) is 0 Å². The molecule has 1 aliphatic rings. The van der Waals surface area contributed by atoms with Crippen LogP contribution in [-0.4, -0.2) is 38.9 Å². The van der Waals surface area contributed by atoms with Gasteiger partial charge in [-0.1, -0.05) is 20.8 Å². The molecule has 0 amide bonds. The summed E-state index contributed by atoms with van der Waals surface area (Å²) in [5.41, 5.74) is 1.11. The third kappa shape index (κ3) is 5.61. The Morgan fingerprint density at radius 3 is 2.82 bits per heavy atom. The molecule has 0 bridgehead atoms. The Morgan fingerprint density at radius 2 is 2.23 bits per heavy atom. The van der Waals surface area contributed by atoms with E-state index in [9.17, 15) is 8.42 Å². The molecule has 1 fully saturated rings. The van der Waals surface area contributed by atoms with Crippen molar-refractivity contribution in [2.24, 2.45) is 5.92 Å². The lowest BCUT2D eigenvalue weighted by atomic mass is 9.93. The molecule has 1 aromatic heterocycles. The smallest absolute Gasteiger partial charge is 0.211 e. The average molecular weight is 347 g/mol. The summed E-state index contributed by atoms with van der Waals surface area (Å²) in [6, 6.07) is 0. The Labute approximate surface area is 137 Å². The number of rotatable bonds is 7. The van der Waals surface area contributed by atoms with Gasteiger partial charge in [0.15, 0.2) is 0 Å². The van der Waals surface area contributed by atoms with Crippen LogP contribution >= 0.6 is 11.3 Å². The van der Waals surface area contributed by atoms with Crippen molar-refractivity contribution < 1.29 is 13.2 Å². The maximum atomic E-state index is 12.0. The van der Waals surface area contributed by atoms with Crippen molar-refractivity contribution in [1.82, 2.24) is 9.71 Å². The normalized spacial score (nSPS) is 19.7. The molecule has 0 spiro atoms. The molecule has 1 unspecified atom stereocenters. The molecule has 0 aliphatic carbocycles. The van der Waals surface area contributed by atoms with Gasteiger partial charge in [-0.3, -0.25) is 0 Å². The van der Waals surface area contributed by atoms with E-state index in [0.29, 0.717) is 31.9 Å². The monoisotopic (exact) mass is 346 g/mol. The summed E-state index contributed by atoms with van der Waals surface area (Å²) < 4.78 is 31.9. The quantitative estimate of drug-likeness (QED) is 0.823. The van der Waals surface area contributed by atoms with Crippen LogP contribution in [0.2, 0.25) is 0 Å². The van der Waals surface area contributed by atoms with Crippen LogP contribution in [0.25, 0.3) is 0 Å². The minimum atomic E-state index is -3.19. The van der Waals surface area contributed by atoms with Gasteiger partial charge in [-0.2, -0.15) is 0 Å². The predicted octanol–water partition coefficient (Wildman–Crippen LogP) is 2.33. The fourth-order valence-corrected chi connectivity index (χ4v) is 4.51. The molecule has 1 aromatic rings. The molecule has 0 radical (unpaired) electrons. The lowest BCUT2D eigenvalue weighted by molar-refractivity contribution is 0.185. The van der Waals surface area contributed by atoms with E-state index in [4.69, 9.17) is 4.74 Å². The molecule has 22 heavy (non-hydrogen) atoms. The van der Waals surface area contributed by atoms with Crippen LogP contribution in [0.1, 0.15) is 44.3 Å². The Balaban J connectivity index is 1.73. The number of sulfonamides is 1. The van der Waals surface area contributed by atoms with Crippen molar-refractivity contribution in [2.45, 2.75) is 45.4 Å². The minimum Gasteiger partial charge on any atom is -0.381 e. The van der Waals surface area contributed by atoms with Gasteiger partial charge in [0, 0.05) is 37.0 Å². The molecular weight excluding hydrogens is 320 g/mol. The molecule has 0 saturated carbocycles. The van der Waals surface area contributed by atoms with Gasteiger partial charge < -0.3 is 4.74 Å². The summed E-state index contributed by atoms with van der Waals surface area (Å²) in [7, 11) is -3.19. The van der Waals surface area contributed by atoms with Gasteiger partial charge in [-0.05, 0) is 18.8 Å². The summed E-state index contributed by atoms with van der Waals surface area (Å²) >= 11 is 1.60. The third-order valence-electron chi connectivity index (χ3n) is 3.80. The summed E-state index contributed by atoms with van der Waals surface area (Å²) in [4.78, 5) is 4.58. The van der Waals surface area contributed by atoms with E-state index in [1.807, 2.05) is 0 Å². The van der Waals surface area contributed by atoms with Crippen LogP contribution in [0.4, 0.5) is 0 Å². The maximum absolute atomic E-state index is 12.0. The van der Waals surface area contributed by atoms with Crippen molar-refractivity contribution in [2.75, 3.05) is 25.5 Å². The second-order valence-corrected chi connectivity index (χ2v) is 9.73.